The number of methoxy groups -OCH3 is 1. The number of carbonyl (C=O) groups is 1. The Morgan fingerprint density at radius 2 is 1.71 bits per heavy atom. The number of thioether (sulfide) groups is 1. The Hall–Kier alpha value is -2.51. The van der Waals surface area contributed by atoms with Gasteiger partial charge in [0.05, 0.1) is 25.2 Å². The maximum atomic E-state index is 12.1. The molecule has 0 spiro atoms. The van der Waals surface area contributed by atoms with Crippen LogP contribution in [-0.4, -0.2) is 42.5 Å². The maximum absolute atomic E-state index is 12.1. The number of hydrogen-bond acceptors (Lipinski definition) is 6. The molecule has 0 unspecified atom stereocenters. The van der Waals surface area contributed by atoms with Gasteiger partial charge in [0.15, 0.2) is 0 Å². The maximum Gasteiger partial charge on any atom is 0.265 e. The highest BCUT2D eigenvalue weighted by Crippen LogP contribution is 2.31. The number of amides is 1. The van der Waals surface area contributed by atoms with Crippen LogP contribution in [0.3, 0.4) is 0 Å². The summed E-state index contributed by atoms with van der Waals surface area (Å²) in [6.07, 6.45) is 2.59. The van der Waals surface area contributed by atoms with E-state index in [4.69, 9.17) is 26.4 Å². The largest absolute Gasteiger partial charge is 0.497 e. The zero-order valence-corrected chi connectivity index (χ0v) is 17.3. The van der Waals surface area contributed by atoms with Crippen LogP contribution in [0.4, 0.5) is 0 Å². The van der Waals surface area contributed by atoms with Crippen molar-refractivity contribution in [2.24, 2.45) is 0 Å². The average Bonchev–Trinajstić information content (AvgIpc) is 2.95. The van der Waals surface area contributed by atoms with Crippen molar-refractivity contribution in [1.29, 1.82) is 0 Å². The van der Waals surface area contributed by atoms with Gasteiger partial charge in [0.1, 0.15) is 21.6 Å². The number of carbonyl (C=O) groups excluding carboxylic acids is 1. The van der Waals surface area contributed by atoms with Crippen LogP contribution in [0.1, 0.15) is 12.0 Å². The Morgan fingerprint density at radius 1 is 1.04 bits per heavy atom. The van der Waals surface area contributed by atoms with E-state index in [1.807, 2.05) is 54.6 Å². The number of rotatable bonds is 8. The Labute approximate surface area is 174 Å². The summed E-state index contributed by atoms with van der Waals surface area (Å²) in [6.45, 7) is 1.10. The lowest BCUT2D eigenvalue weighted by molar-refractivity contribution is -0.121. The first kappa shape index (κ1) is 20.2. The highest BCUT2D eigenvalue weighted by Gasteiger charge is 2.28. The van der Waals surface area contributed by atoms with Gasteiger partial charge in [-0.25, -0.2) is 0 Å². The van der Waals surface area contributed by atoms with Crippen LogP contribution in [0, 0.1) is 0 Å². The molecular weight excluding hydrogens is 394 g/mol. The van der Waals surface area contributed by atoms with E-state index in [1.54, 1.807) is 14.2 Å². The van der Waals surface area contributed by atoms with E-state index in [0.717, 1.165) is 29.2 Å². The van der Waals surface area contributed by atoms with E-state index < -0.39 is 0 Å². The molecule has 1 aliphatic rings. The van der Waals surface area contributed by atoms with E-state index in [1.165, 1.54) is 16.7 Å². The van der Waals surface area contributed by atoms with Crippen LogP contribution in [0.5, 0.6) is 17.2 Å². The van der Waals surface area contributed by atoms with Crippen LogP contribution >= 0.6 is 24.0 Å². The summed E-state index contributed by atoms with van der Waals surface area (Å²) in [5.74, 6) is 2.29. The zero-order valence-electron chi connectivity index (χ0n) is 15.7. The third kappa shape index (κ3) is 5.27. The van der Waals surface area contributed by atoms with E-state index in [-0.39, 0.29) is 5.91 Å². The topological polar surface area (TPSA) is 48.0 Å². The first-order chi connectivity index (χ1) is 13.6. The minimum atomic E-state index is -0.0722. The van der Waals surface area contributed by atoms with Gasteiger partial charge < -0.3 is 14.2 Å². The molecule has 146 valence electrons. The van der Waals surface area contributed by atoms with Crippen LogP contribution in [-0.2, 0) is 4.79 Å². The molecule has 5 nitrogen and oxygen atoms in total. The van der Waals surface area contributed by atoms with Gasteiger partial charge in [-0.05, 0) is 48.0 Å². The summed E-state index contributed by atoms with van der Waals surface area (Å²) < 4.78 is 17.2. The Bertz CT molecular complexity index is 880. The van der Waals surface area contributed by atoms with Crippen molar-refractivity contribution in [3.63, 3.8) is 0 Å². The smallest absolute Gasteiger partial charge is 0.265 e. The van der Waals surface area contributed by atoms with Gasteiger partial charge in [0.2, 0.25) is 0 Å². The monoisotopic (exact) mass is 415 g/mol. The van der Waals surface area contributed by atoms with Gasteiger partial charge in [0.25, 0.3) is 5.91 Å². The number of thiocarbonyl (C=S) groups is 1. The van der Waals surface area contributed by atoms with E-state index in [0.29, 0.717) is 22.4 Å². The molecule has 28 heavy (non-hydrogen) atoms. The van der Waals surface area contributed by atoms with Gasteiger partial charge in [-0.3, -0.25) is 9.69 Å². The number of hydrogen-bond donors (Lipinski definition) is 0. The standard InChI is InChI=1S/C21H21NO4S2/c1-22-20(23)19(28-21(22)27)14-15-5-3-6-18(13-15)26-12-4-11-25-17-9-7-16(24-2)8-10-17/h3,5-10,13-14H,4,11-12H2,1-2H3/b19-14+. The minimum absolute atomic E-state index is 0.0722. The summed E-state index contributed by atoms with van der Waals surface area (Å²) in [4.78, 5) is 14.2. The molecule has 0 saturated carbocycles. The summed E-state index contributed by atoms with van der Waals surface area (Å²) in [5, 5.41) is 0. The normalized spacial score (nSPS) is 15.2. The van der Waals surface area contributed by atoms with Crippen molar-refractivity contribution < 1.29 is 19.0 Å². The Kier molecular flexibility index (Phi) is 6.95. The SMILES string of the molecule is COc1ccc(OCCCOc2cccc(/C=C3/SC(=S)N(C)C3=O)c2)cc1. The van der Waals surface area contributed by atoms with Crippen LogP contribution < -0.4 is 14.2 Å². The molecule has 2 aromatic rings. The molecule has 1 heterocycles. The fourth-order valence-corrected chi connectivity index (χ4v) is 3.68. The van der Waals surface area contributed by atoms with Crippen molar-refractivity contribution in [2.75, 3.05) is 27.4 Å². The molecule has 0 aliphatic carbocycles. The van der Waals surface area contributed by atoms with E-state index in [2.05, 4.69) is 0 Å². The first-order valence-corrected chi connectivity index (χ1v) is 10.0. The van der Waals surface area contributed by atoms with Gasteiger partial charge in [-0.2, -0.15) is 0 Å². The van der Waals surface area contributed by atoms with Gasteiger partial charge in [0, 0.05) is 13.5 Å². The van der Waals surface area contributed by atoms with Crippen LogP contribution in [0.2, 0.25) is 0 Å². The predicted octanol–water partition coefficient (Wildman–Crippen LogP) is 4.37. The number of likely N-dealkylation sites (N-methyl/N-ethyl adjacent to an activating group) is 1. The lowest BCUT2D eigenvalue weighted by Gasteiger charge is -2.09. The lowest BCUT2D eigenvalue weighted by atomic mass is 10.2. The van der Waals surface area contributed by atoms with Gasteiger partial charge >= 0.3 is 0 Å². The summed E-state index contributed by atoms with van der Waals surface area (Å²) in [7, 11) is 3.32. The molecule has 0 atom stereocenters. The molecule has 1 aliphatic heterocycles. The quantitative estimate of drug-likeness (QED) is 0.362. The minimum Gasteiger partial charge on any atom is -0.497 e. The van der Waals surface area contributed by atoms with E-state index >= 15 is 0 Å². The van der Waals surface area contributed by atoms with Crippen LogP contribution in [0.15, 0.2) is 53.4 Å². The molecule has 1 saturated heterocycles. The number of benzene rings is 2. The number of ether oxygens (including phenoxy) is 3. The second-order valence-corrected chi connectivity index (χ2v) is 7.71. The molecule has 3 rings (SSSR count). The second-order valence-electron chi connectivity index (χ2n) is 6.04. The van der Waals surface area contributed by atoms with Crippen molar-refractivity contribution in [3.8, 4) is 17.2 Å². The third-order valence-corrected chi connectivity index (χ3v) is 5.51. The van der Waals surface area contributed by atoms with E-state index in [9.17, 15) is 4.79 Å². The third-order valence-electron chi connectivity index (χ3n) is 4.03. The fraction of sp³-hybridized carbons (Fsp3) is 0.238. The van der Waals surface area contributed by atoms with Gasteiger partial charge in [-0.1, -0.05) is 36.1 Å². The molecule has 7 heteroatoms. The molecule has 0 bridgehead atoms. The molecule has 0 radical (unpaired) electrons. The first-order valence-electron chi connectivity index (χ1n) is 8.78. The molecule has 1 amide bonds. The van der Waals surface area contributed by atoms with Crippen molar-refractivity contribution >= 4 is 40.3 Å². The van der Waals surface area contributed by atoms with Crippen LogP contribution in [0.25, 0.3) is 6.08 Å². The Morgan fingerprint density at radius 3 is 2.36 bits per heavy atom. The zero-order chi connectivity index (χ0) is 19.9. The summed E-state index contributed by atoms with van der Waals surface area (Å²) in [5.41, 5.74) is 0.904. The van der Waals surface area contributed by atoms with Crippen molar-refractivity contribution in [2.45, 2.75) is 6.42 Å². The molecular formula is C21H21NO4S2. The summed E-state index contributed by atoms with van der Waals surface area (Å²) >= 11 is 6.46. The second kappa shape index (κ2) is 9.61. The van der Waals surface area contributed by atoms with Crippen molar-refractivity contribution in [3.05, 3.63) is 59.0 Å². The fourth-order valence-electron chi connectivity index (χ4n) is 2.50. The summed E-state index contributed by atoms with van der Waals surface area (Å²) in [6, 6.07) is 15.1. The Balaban J connectivity index is 1.47. The highest BCUT2D eigenvalue weighted by molar-refractivity contribution is 8.26. The average molecular weight is 416 g/mol. The molecule has 0 aromatic heterocycles. The molecule has 0 N–H and O–H groups in total. The van der Waals surface area contributed by atoms with Crippen molar-refractivity contribution in [1.82, 2.24) is 4.90 Å². The lowest BCUT2D eigenvalue weighted by Crippen LogP contribution is -2.22. The number of nitrogens with zero attached hydrogens (tertiary/aromatic N) is 1. The molecule has 1 fully saturated rings. The highest BCUT2D eigenvalue weighted by atomic mass is 32.2. The molecule has 2 aromatic carbocycles. The predicted molar refractivity (Wildman–Crippen MR) is 116 cm³/mol. The van der Waals surface area contributed by atoms with Gasteiger partial charge in [-0.15, -0.1) is 0 Å².